The monoisotopic (exact) mass is 251 g/mol. The second kappa shape index (κ2) is 7.17. The van der Waals surface area contributed by atoms with Gasteiger partial charge < -0.3 is 5.32 Å². The predicted octanol–water partition coefficient (Wildman–Crippen LogP) is 4.24. The standard InChI is InChI=1S/C15H25NS/c1-2-10-16-14-6-3-5-13(12-14)8-9-15-7-4-11-17-15/h4,7,11,13-14,16H,2-3,5-6,8-10,12H2,1H3. The second-order valence-electron chi connectivity index (χ2n) is 5.30. The molecule has 0 radical (unpaired) electrons. The minimum absolute atomic E-state index is 0.803. The second-order valence-corrected chi connectivity index (χ2v) is 6.33. The minimum Gasteiger partial charge on any atom is -0.314 e. The highest BCUT2D eigenvalue weighted by atomic mass is 32.1. The number of hydrogen-bond donors (Lipinski definition) is 1. The molecule has 1 aliphatic carbocycles. The van der Waals surface area contributed by atoms with Crippen molar-refractivity contribution in [2.45, 2.75) is 57.9 Å². The first kappa shape index (κ1) is 13.1. The summed E-state index contributed by atoms with van der Waals surface area (Å²) in [5.41, 5.74) is 0. The third-order valence-electron chi connectivity index (χ3n) is 3.84. The molecule has 0 amide bonds. The Kier molecular flexibility index (Phi) is 5.53. The number of hydrogen-bond acceptors (Lipinski definition) is 2. The molecule has 0 aromatic carbocycles. The Labute approximate surface area is 110 Å². The molecule has 2 heteroatoms. The topological polar surface area (TPSA) is 12.0 Å². The summed E-state index contributed by atoms with van der Waals surface area (Å²) in [4.78, 5) is 1.56. The zero-order chi connectivity index (χ0) is 11.9. The third kappa shape index (κ3) is 4.44. The fraction of sp³-hybridized carbons (Fsp3) is 0.733. The van der Waals surface area contributed by atoms with Crippen LogP contribution >= 0.6 is 11.3 Å². The SMILES string of the molecule is CCCNC1CCCC(CCc2cccs2)C1. The van der Waals surface area contributed by atoms with Gasteiger partial charge >= 0.3 is 0 Å². The highest BCUT2D eigenvalue weighted by molar-refractivity contribution is 7.09. The summed E-state index contributed by atoms with van der Waals surface area (Å²) in [6.07, 6.45) is 9.64. The first-order chi connectivity index (χ1) is 8.38. The van der Waals surface area contributed by atoms with Crippen molar-refractivity contribution in [3.8, 4) is 0 Å². The Morgan fingerprint density at radius 3 is 3.12 bits per heavy atom. The molecule has 1 fully saturated rings. The summed E-state index contributed by atoms with van der Waals surface area (Å²) in [5.74, 6) is 0.959. The van der Waals surface area contributed by atoms with Crippen LogP contribution in [-0.4, -0.2) is 12.6 Å². The van der Waals surface area contributed by atoms with Gasteiger partial charge in [0, 0.05) is 10.9 Å². The van der Waals surface area contributed by atoms with E-state index in [1.807, 2.05) is 11.3 Å². The molecule has 2 rings (SSSR count). The van der Waals surface area contributed by atoms with Crippen LogP contribution in [0.25, 0.3) is 0 Å². The van der Waals surface area contributed by atoms with E-state index in [-0.39, 0.29) is 0 Å². The van der Waals surface area contributed by atoms with E-state index >= 15 is 0 Å². The van der Waals surface area contributed by atoms with Crippen LogP contribution < -0.4 is 5.32 Å². The summed E-state index contributed by atoms with van der Waals surface area (Å²) < 4.78 is 0. The largest absolute Gasteiger partial charge is 0.314 e. The van der Waals surface area contributed by atoms with Crippen LogP contribution in [0, 0.1) is 5.92 Å². The first-order valence-electron chi connectivity index (χ1n) is 7.14. The van der Waals surface area contributed by atoms with Gasteiger partial charge in [0.1, 0.15) is 0 Å². The van der Waals surface area contributed by atoms with E-state index in [0.717, 1.165) is 12.0 Å². The Morgan fingerprint density at radius 1 is 1.41 bits per heavy atom. The van der Waals surface area contributed by atoms with Gasteiger partial charge in [-0.25, -0.2) is 0 Å². The molecule has 1 heterocycles. The van der Waals surface area contributed by atoms with Gasteiger partial charge in [-0.2, -0.15) is 0 Å². The lowest BCUT2D eigenvalue weighted by atomic mass is 9.83. The van der Waals surface area contributed by atoms with E-state index in [0.29, 0.717) is 0 Å². The fourth-order valence-corrected chi connectivity index (χ4v) is 3.61. The predicted molar refractivity (Wildman–Crippen MR) is 76.7 cm³/mol. The van der Waals surface area contributed by atoms with Crippen LogP contribution in [0.3, 0.4) is 0 Å². The van der Waals surface area contributed by atoms with Gasteiger partial charge in [0.2, 0.25) is 0 Å². The maximum absolute atomic E-state index is 3.70. The molecule has 1 aliphatic rings. The lowest BCUT2D eigenvalue weighted by molar-refractivity contribution is 0.274. The molecule has 2 atom stereocenters. The molecule has 17 heavy (non-hydrogen) atoms. The Bertz CT molecular complexity index is 294. The van der Waals surface area contributed by atoms with Gasteiger partial charge in [-0.05, 0) is 56.0 Å². The lowest BCUT2D eigenvalue weighted by Crippen LogP contribution is -2.34. The molecule has 1 saturated carbocycles. The zero-order valence-electron chi connectivity index (χ0n) is 11.0. The van der Waals surface area contributed by atoms with Crippen LogP contribution in [0.15, 0.2) is 17.5 Å². The van der Waals surface area contributed by atoms with E-state index < -0.39 is 0 Å². The van der Waals surface area contributed by atoms with E-state index in [9.17, 15) is 0 Å². The van der Waals surface area contributed by atoms with E-state index in [4.69, 9.17) is 0 Å². The van der Waals surface area contributed by atoms with E-state index in [2.05, 4.69) is 29.8 Å². The zero-order valence-corrected chi connectivity index (χ0v) is 11.8. The normalized spacial score (nSPS) is 25.0. The summed E-state index contributed by atoms with van der Waals surface area (Å²) in [6.45, 7) is 3.45. The maximum Gasteiger partial charge on any atom is 0.00697 e. The number of aryl methyl sites for hydroxylation is 1. The van der Waals surface area contributed by atoms with Gasteiger partial charge in [0.15, 0.2) is 0 Å². The van der Waals surface area contributed by atoms with Gasteiger partial charge in [-0.3, -0.25) is 0 Å². The van der Waals surface area contributed by atoms with Gasteiger partial charge in [0.05, 0.1) is 0 Å². The summed E-state index contributed by atoms with van der Waals surface area (Å²) in [5, 5.41) is 5.89. The van der Waals surface area contributed by atoms with Crippen LogP contribution in [0.2, 0.25) is 0 Å². The van der Waals surface area contributed by atoms with E-state index in [1.54, 1.807) is 4.88 Å². The van der Waals surface area contributed by atoms with Crippen LogP contribution in [-0.2, 0) is 6.42 Å². The average molecular weight is 251 g/mol. The number of rotatable bonds is 6. The Morgan fingerprint density at radius 2 is 2.35 bits per heavy atom. The molecule has 0 aliphatic heterocycles. The molecular weight excluding hydrogens is 226 g/mol. The van der Waals surface area contributed by atoms with Crippen molar-refractivity contribution >= 4 is 11.3 Å². The molecule has 0 bridgehead atoms. The smallest absolute Gasteiger partial charge is 0.00697 e. The first-order valence-corrected chi connectivity index (χ1v) is 8.02. The molecular formula is C15H25NS. The van der Waals surface area contributed by atoms with Crippen molar-refractivity contribution in [3.05, 3.63) is 22.4 Å². The van der Waals surface area contributed by atoms with Crippen LogP contribution in [0.5, 0.6) is 0 Å². The molecule has 1 N–H and O–H groups in total. The molecule has 2 unspecified atom stereocenters. The van der Waals surface area contributed by atoms with Crippen molar-refractivity contribution < 1.29 is 0 Å². The van der Waals surface area contributed by atoms with Gasteiger partial charge in [-0.1, -0.05) is 25.8 Å². The summed E-state index contributed by atoms with van der Waals surface area (Å²) in [6, 6.07) is 5.25. The molecule has 1 nitrogen and oxygen atoms in total. The van der Waals surface area contributed by atoms with Crippen molar-refractivity contribution in [1.82, 2.24) is 5.32 Å². The Balaban J connectivity index is 1.69. The van der Waals surface area contributed by atoms with Crippen molar-refractivity contribution in [2.24, 2.45) is 5.92 Å². The van der Waals surface area contributed by atoms with Crippen molar-refractivity contribution in [1.29, 1.82) is 0 Å². The molecule has 0 spiro atoms. The van der Waals surface area contributed by atoms with Crippen LogP contribution in [0.4, 0.5) is 0 Å². The van der Waals surface area contributed by atoms with Gasteiger partial charge in [-0.15, -0.1) is 11.3 Å². The highest BCUT2D eigenvalue weighted by Gasteiger charge is 2.21. The average Bonchev–Trinajstić information content (AvgIpc) is 2.87. The lowest BCUT2D eigenvalue weighted by Gasteiger charge is -2.29. The number of thiophene rings is 1. The maximum atomic E-state index is 3.70. The van der Waals surface area contributed by atoms with Crippen molar-refractivity contribution in [2.75, 3.05) is 6.54 Å². The van der Waals surface area contributed by atoms with Crippen LogP contribution in [0.1, 0.15) is 50.3 Å². The van der Waals surface area contributed by atoms with Crippen molar-refractivity contribution in [3.63, 3.8) is 0 Å². The fourth-order valence-electron chi connectivity index (χ4n) is 2.89. The highest BCUT2D eigenvalue weighted by Crippen LogP contribution is 2.28. The quantitative estimate of drug-likeness (QED) is 0.797. The minimum atomic E-state index is 0.803. The molecule has 1 aromatic heterocycles. The number of nitrogens with one attached hydrogen (secondary N) is 1. The molecule has 96 valence electrons. The Hall–Kier alpha value is -0.340. The van der Waals surface area contributed by atoms with E-state index in [1.165, 1.54) is 51.5 Å². The third-order valence-corrected chi connectivity index (χ3v) is 4.78. The summed E-state index contributed by atoms with van der Waals surface area (Å²) in [7, 11) is 0. The van der Waals surface area contributed by atoms with Gasteiger partial charge in [0.25, 0.3) is 0 Å². The molecule has 0 saturated heterocycles. The summed E-state index contributed by atoms with van der Waals surface area (Å²) >= 11 is 1.91. The molecule has 1 aromatic rings.